The molecule has 1 aliphatic heterocycles. The highest BCUT2D eigenvalue weighted by atomic mass is 79.9. The van der Waals surface area contributed by atoms with Crippen LogP contribution in [0, 0.1) is 5.92 Å². The van der Waals surface area contributed by atoms with Crippen LogP contribution in [0.4, 0.5) is 5.69 Å². The van der Waals surface area contributed by atoms with E-state index >= 15 is 0 Å². The molecule has 19 heavy (non-hydrogen) atoms. The minimum absolute atomic E-state index is 0.526. The number of para-hydroxylation sites is 1. The van der Waals surface area contributed by atoms with E-state index in [9.17, 15) is 0 Å². The number of nitrogens with one attached hydrogen (secondary N) is 1. The van der Waals surface area contributed by atoms with Gasteiger partial charge in [-0.3, -0.25) is 0 Å². The first-order valence-electron chi connectivity index (χ1n) is 7.44. The second-order valence-corrected chi connectivity index (χ2v) is 6.47. The zero-order chi connectivity index (χ0) is 13.7. The predicted molar refractivity (Wildman–Crippen MR) is 86.7 cm³/mol. The zero-order valence-electron chi connectivity index (χ0n) is 12.0. The predicted octanol–water partition coefficient (Wildman–Crippen LogP) is 4.37. The highest BCUT2D eigenvalue weighted by Crippen LogP contribution is 2.26. The summed E-state index contributed by atoms with van der Waals surface area (Å²) in [7, 11) is 0. The number of hydrogen-bond donors (Lipinski definition) is 1. The van der Waals surface area contributed by atoms with Crippen molar-refractivity contribution in [3.05, 3.63) is 28.7 Å². The van der Waals surface area contributed by atoms with E-state index in [2.05, 4.69) is 64.3 Å². The number of piperidine rings is 1. The monoisotopic (exact) mass is 324 g/mol. The van der Waals surface area contributed by atoms with Crippen LogP contribution in [0.2, 0.25) is 0 Å². The summed E-state index contributed by atoms with van der Waals surface area (Å²) in [5.41, 5.74) is 1.21. The molecule has 0 bridgehead atoms. The lowest BCUT2D eigenvalue weighted by molar-refractivity contribution is 0.165. The van der Waals surface area contributed by atoms with Crippen molar-refractivity contribution < 1.29 is 0 Å². The Labute approximate surface area is 125 Å². The third kappa shape index (κ3) is 4.22. The first kappa shape index (κ1) is 14.9. The highest BCUT2D eigenvalue weighted by Gasteiger charge is 2.24. The molecule has 1 N–H and O–H groups in total. The first-order valence-corrected chi connectivity index (χ1v) is 8.23. The van der Waals surface area contributed by atoms with Crippen molar-refractivity contribution in [2.75, 3.05) is 25.0 Å². The average molecular weight is 325 g/mol. The first-order chi connectivity index (χ1) is 9.20. The number of benzene rings is 1. The smallest absolute Gasteiger partial charge is 0.0486 e. The van der Waals surface area contributed by atoms with Gasteiger partial charge in [-0.1, -0.05) is 19.1 Å². The summed E-state index contributed by atoms with van der Waals surface area (Å²) in [4.78, 5) is 2.62. The lowest BCUT2D eigenvalue weighted by Gasteiger charge is -2.36. The van der Waals surface area contributed by atoms with Gasteiger partial charge >= 0.3 is 0 Å². The molecule has 0 radical (unpaired) electrons. The van der Waals surface area contributed by atoms with Crippen molar-refractivity contribution in [2.24, 2.45) is 5.92 Å². The van der Waals surface area contributed by atoms with Crippen LogP contribution in [0.15, 0.2) is 28.7 Å². The van der Waals surface area contributed by atoms with E-state index in [4.69, 9.17) is 0 Å². The van der Waals surface area contributed by atoms with Crippen molar-refractivity contribution in [3.63, 3.8) is 0 Å². The molecule has 2 atom stereocenters. The van der Waals surface area contributed by atoms with Crippen molar-refractivity contribution >= 4 is 21.6 Å². The van der Waals surface area contributed by atoms with Gasteiger partial charge in [-0.25, -0.2) is 0 Å². The summed E-state index contributed by atoms with van der Waals surface area (Å²) < 4.78 is 1.16. The van der Waals surface area contributed by atoms with Gasteiger partial charge in [-0.05, 0) is 73.3 Å². The SMILES string of the molecule is CCCN1CCCC(C(C)Nc2ccccc2Br)C1. The third-order valence-corrected chi connectivity index (χ3v) is 4.74. The van der Waals surface area contributed by atoms with Gasteiger partial charge in [0.15, 0.2) is 0 Å². The summed E-state index contributed by atoms with van der Waals surface area (Å²) in [6.45, 7) is 8.36. The standard InChI is InChI=1S/C16H25BrN2/c1-3-10-19-11-6-7-14(12-19)13(2)18-16-9-5-4-8-15(16)17/h4-5,8-9,13-14,18H,3,6-7,10-12H2,1-2H3. The number of likely N-dealkylation sites (tertiary alicyclic amines) is 1. The molecular weight excluding hydrogens is 300 g/mol. The lowest BCUT2D eigenvalue weighted by atomic mass is 9.91. The molecule has 1 aromatic carbocycles. The minimum atomic E-state index is 0.526. The molecule has 0 spiro atoms. The van der Waals surface area contributed by atoms with Gasteiger partial charge in [-0.2, -0.15) is 0 Å². The highest BCUT2D eigenvalue weighted by molar-refractivity contribution is 9.10. The normalized spacial score (nSPS) is 22.2. The van der Waals surface area contributed by atoms with Gasteiger partial charge in [0.2, 0.25) is 0 Å². The Morgan fingerprint density at radius 3 is 2.95 bits per heavy atom. The van der Waals surface area contributed by atoms with Gasteiger partial charge in [0.25, 0.3) is 0 Å². The van der Waals surface area contributed by atoms with Gasteiger partial charge in [0.1, 0.15) is 0 Å². The molecule has 0 amide bonds. The summed E-state index contributed by atoms with van der Waals surface area (Å²) in [5.74, 6) is 0.757. The van der Waals surface area contributed by atoms with Gasteiger partial charge in [0.05, 0.1) is 0 Å². The maximum Gasteiger partial charge on any atom is 0.0486 e. The molecule has 106 valence electrons. The van der Waals surface area contributed by atoms with Crippen LogP contribution in [0.25, 0.3) is 0 Å². The fraction of sp³-hybridized carbons (Fsp3) is 0.625. The van der Waals surface area contributed by atoms with Gasteiger partial charge < -0.3 is 10.2 Å². The van der Waals surface area contributed by atoms with E-state index in [1.165, 1.54) is 44.6 Å². The fourth-order valence-corrected chi connectivity index (χ4v) is 3.36. The Kier molecular flexibility index (Phi) is 5.71. The number of nitrogens with zero attached hydrogens (tertiary/aromatic N) is 1. The van der Waals surface area contributed by atoms with Crippen LogP contribution in [-0.2, 0) is 0 Å². The number of halogens is 1. The van der Waals surface area contributed by atoms with Crippen LogP contribution in [0.3, 0.4) is 0 Å². The topological polar surface area (TPSA) is 15.3 Å². The van der Waals surface area contributed by atoms with E-state index < -0.39 is 0 Å². The number of rotatable bonds is 5. The van der Waals surface area contributed by atoms with E-state index in [1.54, 1.807) is 0 Å². The molecule has 2 unspecified atom stereocenters. The van der Waals surface area contributed by atoms with Gasteiger partial charge in [-0.15, -0.1) is 0 Å². The van der Waals surface area contributed by atoms with Crippen molar-refractivity contribution in [3.8, 4) is 0 Å². The molecule has 1 fully saturated rings. The molecule has 1 aliphatic rings. The molecule has 0 aliphatic carbocycles. The zero-order valence-corrected chi connectivity index (χ0v) is 13.6. The quantitative estimate of drug-likeness (QED) is 0.865. The molecule has 1 saturated heterocycles. The molecule has 3 heteroatoms. The minimum Gasteiger partial charge on any atom is -0.381 e. The van der Waals surface area contributed by atoms with Crippen LogP contribution in [0.1, 0.15) is 33.1 Å². The fourth-order valence-electron chi connectivity index (χ4n) is 2.96. The lowest BCUT2D eigenvalue weighted by Crippen LogP contribution is -2.42. The third-order valence-electron chi connectivity index (χ3n) is 4.05. The maximum absolute atomic E-state index is 3.67. The molecule has 0 saturated carbocycles. The van der Waals surface area contributed by atoms with Crippen molar-refractivity contribution in [1.82, 2.24) is 4.90 Å². The van der Waals surface area contributed by atoms with E-state index in [0.717, 1.165) is 10.4 Å². The average Bonchev–Trinajstić information content (AvgIpc) is 2.42. The van der Waals surface area contributed by atoms with Crippen LogP contribution < -0.4 is 5.32 Å². The van der Waals surface area contributed by atoms with Crippen LogP contribution >= 0.6 is 15.9 Å². The Hall–Kier alpha value is -0.540. The van der Waals surface area contributed by atoms with Crippen molar-refractivity contribution in [2.45, 2.75) is 39.2 Å². The molecule has 1 heterocycles. The Bertz CT molecular complexity index is 392. The summed E-state index contributed by atoms with van der Waals surface area (Å²) in [5, 5.41) is 3.67. The molecule has 1 aromatic rings. The molecule has 2 rings (SSSR count). The Morgan fingerprint density at radius 1 is 1.42 bits per heavy atom. The second kappa shape index (κ2) is 7.30. The van der Waals surface area contributed by atoms with E-state index in [1.807, 2.05) is 0 Å². The van der Waals surface area contributed by atoms with Crippen LogP contribution in [-0.4, -0.2) is 30.6 Å². The Balaban J connectivity index is 1.92. The Morgan fingerprint density at radius 2 is 2.21 bits per heavy atom. The summed E-state index contributed by atoms with van der Waals surface area (Å²) in [6.07, 6.45) is 3.95. The largest absolute Gasteiger partial charge is 0.381 e. The molecular formula is C16H25BrN2. The maximum atomic E-state index is 3.67. The number of anilines is 1. The molecule has 2 nitrogen and oxygen atoms in total. The summed E-state index contributed by atoms with van der Waals surface area (Å²) >= 11 is 3.61. The number of hydrogen-bond acceptors (Lipinski definition) is 2. The summed E-state index contributed by atoms with van der Waals surface area (Å²) in [6, 6.07) is 8.92. The molecule has 0 aromatic heterocycles. The van der Waals surface area contributed by atoms with Crippen molar-refractivity contribution in [1.29, 1.82) is 0 Å². The van der Waals surface area contributed by atoms with E-state index in [0.29, 0.717) is 6.04 Å². The van der Waals surface area contributed by atoms with Crippen LogP contribution in [0.5, 0.6) is 0 Å². The van der Waals surface area contributed by atoms with Gasteiger partial charge in [0, 0.05) is 22.7 Å². The second-order valence-electron chi connectivity index (χ2n) is 5.62. The van der Waals surface area contributed by atoms with E-state index in [-0.39, 0.29) is 0 Å².